The molecule has 3 rings (SSSR count). The third-order valence-corrected chi connectivity index (χ3v) is 4.32. The van der Waals surface area contributed by atoms with Crippen molar-refractivity contribution in [2.45, 2.75) is 6.61 Å². The van der Waals surface area contributed by atoms with Gasteiger partial charge in [-0.25, -0.2) is 17.6 Å². The quantitative estimate of drug-likeness (QED) is 0.398. The standard InChI is InChI=1S/C18H9Cl2F4NO3/c19-9-2-1-3-12(14(9)20)27-7-8-4-5-13(28-8)18(26)25-17-15(23)10(21)6-11(22)16(17)24/h1-6H,7H2,(H,25,26). The van der Waals surface area contributed by atoms with Crippen LogP contribution in [0, 0.1) is 23.3 Å². The van der Waals surface area contributed by atoms with Crippen molar-refractivity contribution in [2.24, 2.45) is 0 Å². The molecule has 1 heterocycles. The van der Waals surface area contributed by atoms with E-state index < -0.39 is 34.9 Å². The van der Waals surface area contributed by atoms with Crippen molar-refractivity contribution in [2.75, 3.05) is 5.32 Å². The number of benzene rings is 2. The van der Waals surface area contributed by atoms with Crippen LogP contribution in [0.15, 0.2) is 40.8 Å². The molecule has 10 heteroatoms. The summed E-state index contributed by atoms with van der Waals surface area (Å²) in [6.45, 7) is -0.134. The molecule has 0 spiro atoms. The molecule has 1 amide bonds. The van der Waals surface area contributed by atoms with E-state index >= 15 is 0 Å². The van der Waals surface area contributed by atoms with Gasteiger partial charge in [-0.05, 0) is 24.3 Å². The maximum atomic E-state index is 13.6. The highest BCUT2D eigenvalue weighted by atomic mass is 35.5. The fourth-order valence-electron chi connectivity index (χ4n) is 2.18. The van der Waals surface area contributed by atoms with E-state index in [9.17, 15) is 22.4 Å². The van der Waals surface area contributed by atoms with Gasteiger partial charge in [0.1, 0.15) is 28.8 Å². The van der Waals surface area contributed by atoms with Crippen molar-refractivity contribution < 1.29 is 31.5 Å². The Morgan fingerprint density at radius 2 is 1.71 bits per heavy atom. The molecular weight excluding hydrogens is 425 g/mol. The van der Waals surface area contributed by atoms with Gasteiger partial charge < -0.3 is 14.5 Å². The zero-order valence-corrected chi connectivity index (χ0v) is 15.2. The van der Waals surface area contributed by atoms with E-state index in [1.54, 1.807) is 23.5 Å². The van der Waals surface area contributed by atoms with Crippen LogP contribution >= 0.6 is 23.2 Å². The summed E-state index contributed by atoms with van der Waals surface area (Å²) in [5.74, 6) is -7.81. The summed E-state index contributed by atoms with van der Waals surface area (Å²) in [6, 6.07) is 7.34. The fourth-order valence-corrected chi connectivity index (χ4v) is 2.53. The predicted molar refractivity (Wildman–Crippen MR) is 93.7 cm³/mol. The number of carbonyl (C=O) groups is 1. The minimum atomic E-state index is -1.74. The van der Waals surface area contributed by atoms with Gasteiger partial charge in [-0.15, -0.1) is 0 Å². The van der Waals surface area contributed by atoms with Crippen LogP contribution in [-0.2, 0) is 6.61 Å². The Labute approximate surface area is 165 Å². The predicted octanol–water partition coefficient (Wildman–Crippen LogP) is 5.97. The third-order valence-electron chi connectivity index (χ3n) is 3.52. The Balaban J connectivity index is 1.72. The van der Waals surface area contributed by atoms with Crippen LogP contribution in [0.4, 0.5) is 23.2 Å². The average molecular weight is 434 g/mol. The first kappa shape index (κ1) is 20.0. The van der Waals surface area contributed by atoms with Crippen molar-refractivity contribution in [1.29, 1.82) is 0 Å². The van der Waals surface area contributed by atoms with E-state index in [0.717, 1.165) is 0 Å². The monoisotopic (exact) mass is 433 g/mol. The molecule has 1 aromatic heterocycles. The number of furan rings is 1. The molecule has 0 radical (unpaired) electrons. The summed E-state index contributed by atoms with van der Waals surface area (Å²) in [7, 11) is 0. The summed E-state index contributed by atoms with van der Waals surface area (Å²) >= 11 is 11.8. The largest absolute Gasteiger partial charge is 0.484 e. The van der Waals surface area contributed by atoms with E-state index in [4.69, 9.17) is 32.4 Å². The molecule has 0 aliphatic carbocycles. The first-order valence-corrected chi connectivity index (χ1v) is 8.33. The van der Waals surface area contributed by atoms with E-state index in [1.807, 2.05) is 0 Å². The molecule has 0 saturated carbocycles. The number of rotatable bonds is 5. The molecule has 0 unspecified atom stereocenters. The number of hydrogen-bond acceptors (Lipinski definition) is 3. The van der Waals surface area contributed by atoms with E-state index in [-0.39, 0.29) is 40.0 Å². The van der Waals surface area contributed by atoms with Crippen molar-refractivity contribution in [3.05, 3.63) is 81.2 Å². The minimum Gasteiger partial charge on any atom is -0.484 e. The maximum absolute atomic E-state index is 13.6. The molecular formula is C18H9Cl2F4NO3. The lowest BCUT2D eigenvalue weighted by Crippen LogP contribution is -2.15. The molecule has 0 atom stereocenters. The smallest absolute Gasteiger partial charge is 0.291 e. The van der Waals surface area contributed by atoms with Gasteiger partial charge in [-0.2, -0.15) is 0 Å². The van der Waals surface area contributed by atoms with Crippen LogP contribution < -0.4 is 10.1 Å². The van der Waals surface area contributed by atoms with Gasteiger partial charge in [-0.1, -0.05) is 29.3 Å². The summed E-state index contributed by atoms with van der Waals surface area (Å²) in [4.78, 5) is 12.1. The molecule has 0 aliphatic heterocycles. The lowest BCUT2D eigenvalue weighted by Gasteiger charge is -2.08. The second kappa shape index (κ2) is 8.12. The highest BCUT2D eigenvalue weighted by Gasteiger charge is 2.22. The first-order valence-electron chi connectivity index (χ1n) is 7.57. The first-order chi connectivity index (χ1) is 13.3. The summed E-state index contributed by atoms with van der Waals surface area (Å²) < 4.78 is 64.3. The number of anilines is 1. The van der Waals surface area contributed by atoms with Crippen molar-refractivity contribution in [3.8, 4) is 5.75 Å². The van der Waals surface area contributed by atoms with Crippen LogP contribution in [0.2, 0.25) is 10.0 Å². The molecule has 0 fully saturated rings. The van der Waals surface area contributed by atoms with Crippen LogP contribution in [0.3, 0.4) is 0 Å². The molecule has 3 aromatic rings. The molecule has 0 bridgehead atoms. The maximum Gasteiger partial charge on any atom is 0.291 e. The summed E-state index contributed by atoms with van der Waals surface area (Å²) in [5.41, 5.74) is -1.26. The van der Waals surface area contributed by atoms with Gasteiger partial charge in [-0.3, -0.25) is 4.79 Å². The molecule has 2 aromatic carbocycles. The van der Waals surface area contributed by atoms with Crippen LogP contribution in [-0.4, -0.2) is 5.91 Å². The number of ether oxygens (including phenoxy) is 1. The molecule has 0 aliphatic rings. The number of nitrogens with one attached hydrogen (secondary N) is 1. The van der Waals surface area contributed by atoms with Gasteiger partial charge in [0.25, 0.3) is 5.91 Å². The lowest BCUT2D eigenvalue weighted by atomic mass is 10.2. The third kappa shape index (κ3) is 4.07. The fraction of sp³-hybridized carbons (Fsp3) is 0.0556. The summed E-state index contributed by atoms with van der Waals surface area (Å²) in [6.07, 6.45) is 0. The number of carbonyl (C=O) groups excluding carboxylic acids is 1. The normalized spacial score (nSPS) is 10.8. The van der Waals surface area contributed by atoms with E-state index in [0.29, 0.717) is 0 Å². The molecule has 146 valence electrons. The van der Waals surface area contributed by atoms with Crippen molar-refractivity contribution >= 4 is 34.8 Å². The Kier molecular flexibility index (Phi) is 5.81. The van der Waals surface area contributed by atoms with Crippen LogP contribution in [0.1, 0.15) is 16.3 Å². The van der Waals surface area contributed by atoms with Gasteiger partial charge >= 0.3 is 0 Å². The van der Waals surface area contributed by atoms with E-state index in [2.05, 4.69) is 0 Å². The van der Waals surface area contributed by atoms with E-state index in [1.165, 1.54) is 12.1 Å². The zero-order valence-electron chi connectivity index (χ0n) is 13.7. The molecule has 0 saturated heterocycles. The lowest BCUT2D eigenvalue weighted by molar-refractivity contribution is 0.0991. The Hall–Kier alpha value is -2.71. The second-order valence-corrected chi connectivity index (χ2v) is 6.19. The second-order valence-electron chi connectivity index (χ2n) is 5.40. The SMILES string of the molecule is O=C(Nc1c(F)c(F)cc(F)c1F)c1ccc(COc2cccc(Cl)c2Cl)o1. The van der Waals surface area contributed by atoms with Gasteiger partial charge in [0.15, 0.2) is 29.0 Å². The Morgan fingerprint density at radius 3 is 2.39 bits per heavy atom. The van der Waals surface area contributed by atoms with Crippen LogP contribution in [0.25, 0.3) is 0 Å². The Morgan fingerprint density at radius 1 is 1.04 bits per heavy atom. The molecule has 4 nitrogen and oxygen atoms in total. The number of halogens is 6. The van der Waals surface area contributed by atoms with Gasteiger partial charge in [0.05, 0.1) is 5.02 Å². The molecule has 28 heavy (non-hydrogen) atoms. The molecule has 1 N–H and O–H groups in total. The minimum absolute atomic E-state index is 0.0314. The average Bonchev–Trinajstić information content (AvgIpc) is 3.14. The zero-order chi connectivity index (χ0) is 20.4. The highest BCUT2D eigenvalue weighted by molar-refractivity contribution is 6.42. The Bertz CT molecular complexity index is 1030. The van der Waals surface area contributed by atoms with Gasteiger partial charge in [0.2, 0.25) is 0 Å². The van der Waals surface area contributed by atoms with Crippen LogP contribution in [0.5, 0.6) is 5.75 Å². The number of hydrogen-bond donors (Lipinski definition) is 1. The van der Waals surface area contributed by atoms with Crippen molar-refractivity contribution in [1.82, 2.24) is 0 Å². The summed E-state index contributed by atoms with van der Waals surface area (Å²) in [5, 5.41) is 2.21. The highest BCUT2D eigenvalue weighted by Crippen LogP contribution is 2.32. The van der Waals surface area contributed by atoms with Crippen molar-refractivity contribution in [3.63, 3.8) is 0 Å². The number of amides is 1. The van der Waals surface area contributed by atoms with Gasteiger partial charge in [0, 0.05) is 6.07 Å². The topological polar surface area (TPSA) is 51.5 Å².